The zero-order valence-electron chi connectivity index (χ0n) is 5.99. The van der Waals surface area contributed by atoms with Gasteiger partial charge in [0, 0.05) is 6.42 Å². The van der Waals surface area contributed by atoms with Gasteiger partial charge in [0.25, 0.3) is 5.70 Å². The Bertz CT molecular complexity index is 230. The number of hydrogen-bond acceptors (Lipinski definition) is 3. The second-order valence-corrected chi connectivity index (χ2v) is 2.33. The van der Waals surface area contributed by atoms with Gasteiger partial charge >= 0.3 is 0 Å². The molecular weight excluding hydrogens is 146 g/mol. The first-order valence-corrected chi connectivity index (χ1v) is 3.39. The lowest BCUT2D eigenvalue weighted by molar-refractivity contribution is -0.429. The van der Waals surface area contributed by atoms with Gasteiger partial charge in [-0.1, -0.05) is 12.2 Å². The fraction of sp³-hybridized carbons (Fsp3) is 0.429. The maximum atomic E-state index is 10.3. The summed E-state index contributed by atoms with van der Waals surface area (Å²) < 4.78 is 0. The lowest BCUT2D eigenvalue weighted by atomic mass is 10.0. The molecule has 0 atom stereocenters. The van der Waals surface area contributed by atoms with Crippen LogP contribution in [0.2, 0.25) is 0 Å². The summed E-state index contributed by atoms with van der Waals surface area (Å²) in [5, 5.41) is 19.0. The molecule has 4 nitrogen and oxygen atoms in total. The van der Waals surface area contributed by atoms with Crippen LogP contribution in [0.15, 0.2) is 23.4 Å². The van der Waals surface area contributed by atoms with Crippen LogP contribution in [0.25, 0.3) is 0 Å². The van der Waals surface area contributed by atoms with Crippen LogP contribution < -0.4 is 0 Å². The first kappa shape index (κ1) is 7.94. The summed E-state index contributed by atoms with van der Waals surface area (Å²) in [7, 11) is 0. The minimum atomic E-state index is -0.422. The molecule has 0 bridgehead atoms. The summed E-state index contributed by atoms with van der Waals surface area (Å²) in [6, 6.07) is 0. The molecule has 0 fully saturated rings. The second-order valence-electron chi connectivity index (χ2n) is 2.33. The fourth-order valence-corrected chi connectivity index (χ4v) is 1.05. The van der Waals surface area contributed by atoms with Crippen molar-refractivity contribution in [3.8, 4) is 0 Å². The third-order valence-corrected chi connectivity index (χ3v) is 1.63. The number of rotatable bonds is 2. The summed E-state index contributed by atoms with van der Waals surface area (Å²) in [6.07, 6.45) is 4.57. The van der Waals surface area contributed by atoms with Gasteiger partial charge < -0.3 is 5.11 Å². The largest absolute Gasteiger partial charge is 0.391 e. The molecule has 0 aromatic heterocycles. The molecule has 4 heteroatoms. The molecule has 0 saturated carbocycles. The van der Waals surface area contributed by atoms with Crippen molar-refractivity contribution in [1.82, 2.24) is 0 Å². The predicted molar refractivity (Wildman–Crippen MR) is 39.5 cm³/mol. The van der Waals surface area contributed by atoms with Crippen LogP contribution >= 0.6 is 0 Å². The van der Waals surface area contributed by atoms with Crippen molar-refractivity contribution in [2.24, 2.45) is 0 Å². The molecule has 1 rings (SSSR count). The Kier molecular flexibility index (Phi) is 2.38. The van der Waals surface area contributed by atoms with Gasteiger partial charge in [0.1, 0.15) is 0 Å². The Morgan fingerprint density at radius 2 is 2.45 bits per heavy atom. The Hall–Kier alpha value is -1.16. The Morgan fingerprint density at radius 1 is 1.73 bits per heavy atom. The van der Waals surface area contributed by atoms with Crippen LogP contribution in [0.5, 0.6) is 0 Å². The van der Waals surface area contributed by atoms with Crippen LogP contribution in [0, 0.1) is 10.1 Å². The van der Waals surface area contributed by atoms with E-state index in [0.717, 1.165) is 0 Å². The van der Waals surface area contributed by atoms with E-state index in [9.17, 15) is 10.1 Å². The van der Waals surface area contributed by atoms with Crippen molar-refractivity contribution in [3.63, 3.8) is 0 Å². The van der Waals surface area contributed by atoms with Gasteiger partial charge in [-0.15, -0.1) is 0 Å². The zero-order valence-corrected chi connectivity index (χ0v) is 5.99. The molecule has 11 heavy (non-hydrogen) atoms. The molecule has 1 aliphatic rings. The average molecular weight is 155 g/mol. The van der Waals surface area contributed by atoms with Gasteiger partial charge in [0.05, 0.1) is 17.1 Å². The third kappa shape index (κ3) is 1.65. The van der Waals surface area contributed by atoms with Crippen molar-refractivity contribution in [2.75, 3.05) is 6.61 Å². The lowest BCUT2D eigenvalue weighted by Gasteiger charge is -2.05. The Morgan fingerprint density at radius 3 is 2.91 bits per heavy atom. The highest BCUT2D eigenvalue weighted by Gasteiger charge is 2.17. The lowest BCUT2D eigenvalue weighted by Crippen LogP contribution is -2.07. The van der Waals surface area contributed by atoms with Crippen LogP contribution in [-0.2, 0) is 0 Å². The average Bonchev–Trinajstić information content (AvgIpc) is 2.04. The molecule has 0 saturated heterocycles. The highest BCUT2D eigenvalue weighted by atomic mass is 16.6. The van der Waals surface area contributed by atoms with E-state index in [1.54, 1.807) is 6.08 Å². The quantitative estimate of drug-likeness (QED) is 0.475. The Labute approximate surface area is 64.0 Å². The van der Waals surface area contributed by atoms with Gasteiger partial charge in [-0.05, 0) is 6.42 Å². The molecule has 0 aliphatic heterocycles. The van der Waals surface area contributed by atoms with E-state index in [2.05, 4.69) is 0 Å². The predicted octanol–water partition coefficient (Wildman–Crippen LogP) is 0.859. The van der Waals surface area contributed by atoms with Crippen LogP contribution in [-0.4, -0.2) is 16.6 Å². The third-order valence-electron chi connectivity index (χ3n) is 1.63. The number of hydrogen-bond donors (Lipinski definition) is 1. The summed E-state index contributed by atoms with van der Waals surface area (Å²) in [6.45, 7) is -0.243. The van der Waals surface area contributed by atoms with Crippen molar-refractivity contribution in [1.29, 1.82) is 0 Å². The van der Waals surface area contributed by atoms with E-state index in [1.165, 1.54) is 0 Å². The number of aliphatic hydroxyl groups is 1. The second kappa shape index (κ2) is 3.30. The highest BCUT2D eigenvalue weighted by molar-refractivity contribution is 5.25. The standard InChI is InChI=1S/C7H9NO3/c9-5-6-3-1-2-4-7(6)8(10)11/h1,3,9H,2,4-5H2. The fourth-order valence-electron chi connectivity index (χ4n) is 1.05. The van der Waals surface area contributed by atoms with Gasteiger partial charge in [-0.25, -0.2) is 0 Å². The van der Waals surface area contributed by atoms with E-state index >= 15 is 0 Å². The molecule has 0 aromatic carbocycles. The monoisotopic (exact) mass is 155 g/mol. The first-order valence-electron chi connectivity index (χ1n) is 3.39. The van der Waals surface area contributed by atoms with Crippen LogP contribution in [0.4, 0.5) is 0 Å². The van der Waals surface area contributed by atoms with E-state index in [0.29, 0.717) is 18.4 Å². The summed E-state index contributed by atoms with van der Waals surface area (Å²) in [4.78, 5) is 9.90. The Balaban J connectivity index is 2.91. The summed E-state index contributed by atoms with van der Waals surface area (Å²) >= 11 is 0. The number of nitro groups is 1. The number of allylic oxidation sites excluding steroid dienone is 2. The minimum absolute atomic E-state index is 0.148. The summed E-state index contributed by atoms with van der Waals surface area (Å²) in [5.74, 6) is 0. The molecular formula is C7H9NO3. The van der Waals surface area contributed by atoms with Gasteiger partial charge in [0.2, 0.25) is 0 Å². The highest BCUT2D eigenvalue weighted by Crippen LogP contribution is 2.18. The smallest absolute Gasteiger partial charge is 0.252 e. The molecule has 0 amide bonds. The molecule has 0 radical (unpaired) electrons. The van der Waals surface area contributed by atoms with Crippen LogP contribution in [0.3, 0.4) is 0 Å². The van der Waals surface area contributed by atoms with Crippen LogP contribution in [0.1, 0.15) is 12.8 Å². The molecule has 1 aliphatic carbocycles. The molecule has 1 N–H and O–H groups in total. The maximum absolute atomic E-state index is 10.3. The van der Waals surface area contributed by atoms with E-state index in [1.807, 2.05) is 6.08 Å². The van der Waals surface area contributed by atoms with Crippen molar-refractivity contribution in [3.05, 3.63) is 33.5 Å². The van der Waals surface area contributed by atoms with Gasteiger partial charge in [0.15, 0.2) is 0 Å². The molecule has 60 valence electrons. The SMILES string of the molecule is O=[N+]([O-])C1=C(CO)C=CCC1. The van der Waals surface area contributed by atoms with Gasteiger partial charge in [-0.3, -0.25) is 10.1 Å². The van der Waals surface area contributed by atoms with Crippen molar-refractivity contribution < 1.29 is 10.0 Å². The topological polar surface area (TPSA) is 63.4 Å². The van der Waals surface area contributed by atoms with Gasteiger partial charge in [-0.2, -0.15) is 0 Å². The molecule has 0 heterocycles. The maximum Gasteiger partial charge on any atom is 0.252 e. The zero-order chi connectivity index (χ0) is 8.27. The van der Waals surface area contributed by atoms with E-state index in [4.69, 9.17) is 5.11 Å². The van der Waals surface area contributed by atoms with Crippen molar-refractivity contribution in [2.45, 2.75) is 12.8 Å². The molecule has 0 unspecified atom stereocenters. The normalized spacial score (nSPS) is 17.2. The molecule has 0 spiro atoms. The first-order chi connectivity index (χ1) is 5.25. The van der Waals surface area contributed by atoms with E-state index < -0.39 is 4.92 Å². The summed E-state index contributed by atoms with van der Waals surface area (Å²) in [5.41, 5.74) is 0.580. The van der Waals surface area contributed by atoms with E-state index in [-0.39, 0.29) is 12.3 Å². The number of nitrogens with zero attached hydrogens (tertiary/aromatic N) is 1. The minimum Gasteiger partial charge on any atom is -0.391 e. The molecule has 0 aromatic rings. The van der Waals surface area contributed by atoms with Crippen molar-refractivity contribution >= 4 is 0 Å². The number of aliphatic hydroxyl groups excluding tert-OH is 1.